The summed E-state index contributed by atoms with van der Waals surface area (Å²) in [6, 6.07) is 30.4. The van der Waals surface area contributed by atoms with Gasteiger partial charge in [-0.15, -0.1) is 0 Å². The van der Waals surface area contributed by atoms with Gasteiger partial charge in [-0.1, -0.05) is 86.5 Å². The fraction of sp³-hybridized carbons (Fsp3) is 0.257. The van der Waals surface area contributed by atoms with Gasteiger partial charge in [0.15, 0.2) is 16.7 Å². The van der Waals surface area contributed by atoms with E-state index in [9.17, 15) is 4.79 Å². The third kappa shape index (κ3) is 5.89. The minimum Gasteiger partial charge on any atom is -0.493 e. The number of thioether (sulfide) groups is 1. The molecule has 2 fully saturated rings. The van der Waals surface area contributed by atoms with Gasteiger partial charge >= 0.3 is 0 Å². The average molecular weight is 563 g/mol. The Labute approximate surface area is 245 Å². The first kappa shape index (κ1) is 27.2. The molecule has 1 saturated heterocycles. The Morgan fingerprint density at radius 2 is 1.71 bits per heavy atom. The summed E-state index contributed by atoms with van der Waals surface area (Å²) in [4.78, 5) is 21.4. The van der Waals surface area contributed by atoms with E-state index in [1.54, 1.807) is 7.11 Å². The maximum absolute atomic E-state index is 13.8. The molecule has 6 heteroatoms. The number of amidine groups is 1. The molecule has 5 nitrogen and oxygen atoms in total. The first-order valence-corrected chi connectivity index (χ1v) is 15.1. The number of hydrogen-bond acceptors (Lipinski definition) is 5. The molecule has 2 aliphatic rings. The van der Waals surface area contributed by atoms with Crippen LogP contribution in [0.1, 0.15) is 43.7 Å². The minimum atomic E-state index is 0.0266. The molecule has 1 amide bonds. The monoisotopic (exact) mass is 562 g/mol. The van der Waals surface area contributed by atoms with Crippen molar-refractivity contribution >= 4 is 45.4 Å². The molecule has 1 aliphatic carbocycles. The molecule has 0 spiro atoms. The van der Waals surface area contributed by atoms with Gasteiger partial charge in [0.2, 0.25) is 0 Å². The summed E-state index contributed by atoms with van der Waals surface area (Å²) in [7, 11) is 1.64. The lowest BCUT2D eigenvalue weighted by Gasteiger charge is -2.35. The van der Waals surface area contributed by atoms with Gasteiger partial charge in [0.05, 0.1) is 17.7 Å². The van der Waals surface area contributed by atoms with Crippen LogP contribution in [0.2, 0.25) is 0 Å². The van der Waals surface area contributed by atoms with E-state index < -0.39 is 0 Å². The number of benzene rings is 4. The molecule has 1 aliphatic heterocycles. The number of rotatable bonds is 7. The summed E-state index contributed by atoms with van der Waals surface area (Å²) in [6.07, 6.45) is 6.44. The molecule has 2 atom stereocenters. The van der Waals surface area contributed by atoms with E-state index in [1.807, 2.05) is 71.6 Å². The summed E-state index contributed by atoms with van der Waals surface area (Å²) in [5.41, 5.74) is 2.85. The second-order valence-corrected chi connectivity index (χ2v) is 11.7. The Kier molecular flexibility index (Phi) is 8.10. The molecule has 0 unspecified atom stereocenters. The Morgan fingerprint density at radius 3 is 2.54 bits per heavy atom. The maximum atomic E-state index is 13.8. The Bertz CT molecular complexity index is 1610. The van der Waals surface area contributed by atoms with Crippen LogP contribution in [0.5, 0.6) is 11.5 Å². The van der Waals surface area contributed by atoms with Crippen LogP contribution in [0.3, 0.4) is 0 Å². The Balaban J connectivity index is 1.26. The van der Waals surface area contributed by atoms with E-state index in [0.29, 0.717) is 28.9 Å². The highest BCUT2D eigenvalue weighted by molar-refractivity contribution is 8.18. The van der Waals surface area contributed by atoms with Crippen molar-refractivity contribution in [1.82, 2.24) is 4.90 Å². The smallest absolute Gasteiger partial charge is 0.267 e. The standard InChI is InChI=1S/C35H34N2O3S/c1-24-11-6-9-18-30(24)37-34(38)33(41-35(37)36-28-15-4-3-5-16-28)22-25-19-20-31(32(21-25)39-2)40-23-27-14-10-13-26-12-7-8-17-29(26)27/h3-5,7-8,10,12-17,19-22,24,30H,6,9,11,18,23H2,1-2H3/b33-22-,36-35?/t24-,30+/m1/s1. The number of para-hydroxylation sites is 1. The quantitative estimate of drug-likeness (QED) is 0.212. The number of nitrogens with zero attached hydrogens (tertiary/aromatic N) is 2. The van der Waals surface area contributed by atoms with E-state index in [2.05, 4.69) is 37.3 Å². The first-order chi connectivity index (χ1) is 20.1. The van der Waals surface area contributed by atoms with Crippen LogP contribution in [-0.4, -0.2) is 29.1 Å². The summed E-state index contributed by atoms with van der Waals surface area (Å²) in [5.74, 6) is 1.76. The van der Waals surface area contributed by atoms with Crippen molar-refractivity contribution in [1.29, 1.82) is 0 Å². The summed E-state index contributed by atoms with van der Waals surface area (Å²) >= 11 is 1.45. The van der Waals surface area contributed by atoms with Gasteiger partial charge in [0, 0.05) is 6.04 Å². The van der Waals surface area contributed by atoms with E-state index in [0.717, 1.165) is 41.2 Å². The van der Waals surface area contributed by atoms with Crippen LogP contribution < -0.4 is 9.47 Å². The van der Waals surface area contributed by atoms with Crippen LogP contribution >= 0.6 is 11.8 Å². The van der Waals surface area contributed by atoms with Crippen molar-refractivity contribution in [2.24, 2.45) is 10.9 Å². The minimum absolute atomic E-state index is 0.0266. The fourth-order valence-electron chi connectivity index (χ4n) is 5.77. The predicted octanol–water partition coefficient (Wildman–Crippen LogP) is 8.61. The molecule has 208 valence electrons. The highest BCUT2D eigenvalue weighted by Crippen LogP contribution is 2.41. The van der Waals surface area contributed by atoms with Crippen molar-refractivity contribution in [3.63, 3.8) is 0 Å². The van der Waals surface area contributed by atoms with Crippen molar-refractivity contribution in [2.45, 2.75) is 45.3 Å². The van der Waals surface area contributed by atoms with Gasteiger partial charge in [0.1, 0.15) is 6.61 Å². The van der Waals surface area contributed by atoms with E-state index in [1.165, 1.54) is 29.0 Å². The fourth-order valence-corrected chi connectivity index (χ4v) is 6.81. The van der Waals surface area contributed by atoms with Crippen LogP contribution in [0.4, 0.5) is 5.69 Å². The number of carbonyl (C=O) groups is 1. The van der Waals surface area contributed by atoms with Crippen molar-refractivity contribution in [2.75, 3.05) is 7.11 Å². The molecule has 6 rings (SSSR count). The SMILES string of the molecule is COc1cc(/C=C2\SC(=Nc3ccccc3)N([C@H]3CCCC[C@H]3C)C2=O)ccc1OCc1cccc2ccccc12. The van der Waals surface area contributed by atoms with Gasteiger partial charge in [-0.25, -0.2) is 4.99 Å². The highest BCUT2D eigenvalue weighted by atomic mass is 32.2. The molecule has 0 aromatic heterocycles. The molecule has 41 heavy (non-hydrogen) atoms. The van der Waals surface area contributed by atoms with Crippen LogP contribution in [0, 0.1) is 5.92 Å². The van der Waals surface area contributed by atoms with Gasteiger partial charge in [-0.05, 0) is 82.8 Å². The number of amides is 1. The zero-order valence-corrected chi connectivity index (χ0v) is 24.3. The van der Waals surface area contributed by atoms with Crippen LogP contribution in [0.25, 0.3) is 16.8 Å². The van der Waals surface area contributed by atoms with Gasteiger partial charge in [0.25, 0.3) is 5.91 Å². The number of hydrogen-bond donors (Lipinski definition) is 0. The third-order valence-corrected chi connectivity index (χ3v) is 8.95. The normalized spacial score (nSPS) is 21.1. The van der Waals surface area contributed by atoms with Gasteiger partial charge < -0.3 is 9.47 Å². The molecule has 4 aromatic rings. The summed E-state index contributed by atoms with van der Waals surface area (Å²) < 4.78 is 11.9. The van der Waals surface area contributed by atoms with E-state index in [4.69, 9.17) is 14.5 Å². The van der Waals surface area contributed by atoms with Gasteiger partial charge in [-0.2, -0.15) is 0 Å². The molecule has 1 saturated carbocycles. The lowest BCUT2D eigenvalue weighted by molar-refractivity contribution is -0.124. The van der Waals surface area contributed by atoms with E-state index >= 15 is 0 Å². The topological polar surface area (TPSA) is 51.1 Å². The molecule has 1 heterocycles. The lowest BCUT2D eigenvalue weighted by Crippen LogP contribution is -2.44. The van der Waals surface area contributed by atoms with Crippen molar-refractivity contribution in [3.8, 4) is 11.5 Å². The Morgan fingerprint density at radius 1 is 0.927 bits per heavy atom. The van der Waals surface area contributed by atoms with Crippen LogP contribution in [0.15, 0.2) is 101 Å². The maximum Gasteiger partial charge on any atom is 0.267 e. The predicted molar refractivity (Wildman–Crippen MR) is 169 cm³/mol. The summed E-state index contributed by atoms with van der Waals surface area (Å²) in [6.45, 7) is 2.69. The zero-order chi connectivity index (χ0) is 28.2. The molecular weight excluding hydrogens is 528 g/mol. The second kappa shape index (κ2) is 12.2. The first-order valence-electron chi connectivity index (χ1n) is 14.2. The highest BCUT2D eigenvalue weighted by Gasteiger charge is 2.41. The van der Waals surface area contributed by atoms with Gasteiger partial charge in [-0.3, -0.25) is 9.69 Å². The van der Waals surface area contributed by atoms with E-state index in [-0.39, 0.29) is 11.9 Å². The largest absolute Gasteiger partial charge is 0.493 e. The number of carbonyl (C=O) groups excluding carboxylic acids is 1. The lowest BCUT2D eigenvalue weighted by atomic mass is 9.85. The zero-order valence-electron chi connectivity index (χ0n) is 23.5. The number of aliphatic imine (C=N–C) groups is 1. The van der Waals surface area contributed by atoms with Crippen LogP contribution in [-0.2, 0) is 11.4 Å². The molecular formula is C35H34N2O3S. The average Bonchev–Trinajstić information content (AvgIpc) is 3.30. The summed E-state index contributed by atoms with van der Waals surface area (Å²) in [5, 5.41) is 3.12. The van der Waals surface area contributed by atoms with Crippen molar-refractivity contribution < 1.29 is 14.3 Å². The number of methoxy groups -OCH3 is 1. The molecule has 4 aromatic carbocycles. The van der Waals surface area contributed by atoms with Crippen molar-refractivity contribution in [3.05, 3.63) is 107 Å². The Hall–Kier alpha value is -4.03. The second-order valence-electron chi connectivity index (χ2n) is 10.7. The molecule has 0 bridgehead atoms. The number of ether oxygens (including phenoxy) is 2. The molecule has 0 radical (unpaired) electrons. The molecule has 0 N–H and O–H groups in total. The number of fused-ring (bicyclic) bond motifs is 1. The third-order valence-electron chi connectivity index (χ3n) is 7.96.